The van der Waals surface area contributed by atoms with Gasteiger partial charge in [0.25, 0.3) is 0 Å². The van der Waals surface area contributed by atoms with Gasteiger partial charge < -0.3 is 10.1 Å². The molecule has 6 heteroatoms. The molecule has 4 heterocycles. The van der Waals surface area contributed by atoms with Gasteiger partial charge in [0.2, 0.25) is 5.91 Å². The van der Waals surface area contributed by atoms with E-state index in [0.717, 1.165) is 11.3 Å². The molecule has 4 fully saturated rings. The van der Waals surface area contributed by atoms with Crippen molar-refractivity contribution in [2.24, 2.45) is 5.92 Å². The molecule has 1 aromatic heterocycles. The molecular formula is C15H15N3O3. The molecule has 0 radical (unpaired) electrons. The highest BCUT2D eigenvalue weighted by Gasteiger charge is 2.62. The lowest BCUT2D eigenvalue weighted by Gasteiger charge is -2.54. The summed E-state index contributed by atoms with van der Waals surface area (Å²) in [6.45, 7) is 4.25. The molecule has 3 saturated heterocycles. The van der Waals surface area contributed by atoms with Crippen molar-refractivity contribution in [3.8, 4) is 0 Å². The molecule has 6 nitrogen and oxygen atoms in total. The average molecular weight is 285 g/mol. The van der Waals surface area contributed by atoms with Crippen molar-refractivity contribution in [1.29, 1.82) is 0 Å². The molecule has 21 heavy (non-hydrogen) atoms. The van der Waals surface area contributed by atoms with E-state index in [4.69, 9.17) is 4.74 Å². The summed E-state index contributed by atoms with van der Waals surface area (Å²) >= 11 is 0. The zero-order valence-corrected chi connectivity index (χ0v) is 11.4. The Kier molecular flexibility index (Phi) is 2.40. The Morgan fingerprint density at radius 3 is 2.71 bits per heavy atom. The van der Waals surface area contributed by atoms with Gasteiger partial charge in [-0.2, -0.15) is 0 Å². The Bertz CT molecular complexity index is 637. The van der Waals surface area contributed by atoms with Crippen LogP contribution in [-0.2, 0) is 9.53 Å². The normalized spacial score (nSPS) is 34.3. The fraction of sp³-hybridized carbons (Fsp3) is 0.400. The van der Waals surface area contributed by atoms with Gasteiger partial charge in [0.15, 0.2) is 0 Å². The summed E-state index contributed by atoms with van der Waals surface area (Å²) < 4.78 is 5.44. The lowest BCUT2D eigenvalue weighted by Crippen LogP contribution is -2.70. The molecule has 1 aromatic rings. The molecule has 1 aliphatic carbocycles. The summed E-state index contributed by atoms with van der Waals surface area (Å²) in [6, 6.07) is 3.65. The smallest absolute Gasteiger partial charge is 0.411 e. The number of carbonyl (C=O) groups is 2. The molecule has 2 bridgehead atoms. The number of fused-ring (bicyclic) bond motifs is 2. The van der Waals surface area contributed by atoms with Crippen LogP contribution < -0.4 is 5.32 Å². The topological polar surface area (TPSA) is 71.5 Å². The van der Waals surface area contributed by atoms with Crippen molar-refractivity contribution in [3.63, 3.8) is 0 Å². The number of piperidine rings is 2. The number of aromatic nitrogens is 1. The molecular weight excluding hydrogens is 270 g/mol. The van der Waals surface area contributed by atoms with Crippen molar-refractivity contribution in [1.82, 2.24) is 15.2 Å². The number of allylic oxidation sites excluding steroid dienone is 1. The van der Waals surface area contributed by atoms with E-state index >= 15 is 0 Å². The number of nitrogens with zero attached hydrogens (tertiary/aromatic N) is 2. The van der Waals surface area contributed by atoms with Crippen molar-refractivity contribution in [2.45, 2.75) is 24.5 Å². The number of pyridine rings is 1. The Hall–Kier alpha value is -2.37. The number of hydrogen-bond donors (Lipinski definition) is 1. The predicted octanol–water partition coefficient (Wildman–Crippen LogP) is 1.37. The third kappa shape index (κ3) is 1.62. The van der Waals surface area contributed by atoms with E-state index in [1.54, 1.807) is 17.3 Å². The van der Waals surface area contributed by atoms with Crippen LogP contribution in [0.25, 0.3) is 0 Å². The molecule has 0 aromatic carbocycles. The van der Waals surface area contributed by atoms with Crippen LogP contribution >= 0.6 is 0 Å². The van der Waals surface area contributed by atoms with E-state index in [-0.39, 0.29) is 17.9 Å². The standard InChI is InChI=1S/C15H15N3O3/c1-9-11-6-15(7-11,13(19)17-9)18-8-12(21-14(18)20)10-2-4-16-5-3-10/h2-5,11-12H,1,6-8H2,(H,17,19). The zero-order chi connectivity index (χ0) is 14.6. The summed E-state index contributed by atoms with van der Waals surface area (Å²) in [5, 5.41) is 2.78. The van der Waals surface area contributed by atoms with Gasteiger partial charge in [0, 0.05) is 24.0 Å². The number of cyclic esters (lactones) is 1. The van der Waals surface area contributed by atoms with Gasteiger partial charge in [-0.05, 0) is 30.5 Å². The van der Waals surface area contributed by atoms with E-state index < -0.39 is 11.6 Å². The second-order valence-corrected chi connectivity index (χ2v) is 5.88. The summed E-state index contributed by atoms with van der Waals surface area (Å²) in [7, 11) is 0. The quantitative estimate of drug-likeness (QED) is 0.890. The minimum atomic E-state index is -0.745. The summed E-state index contributed by atoms with van der Waals surface area (Å²) in [4.78, 5) is 30.0. The third-order valence-electron chi connectivity index (χ3n) is 4.76. The first-order chi connectivity index (χ1) is 10.1. The highest BCUT2D eigenvalue weighted by molar-refractivity contribution is 5.94. The van der Waals surface area contributed by atoms with E-state index in [1.165, 1.54) is 0 Å². The maximum Gasteiger partial charge on any atom is 0.411 e. The second-order valence-electron chi connectivity index (χ2n) is 5.88. The van der Waals surface area contributed by atoms with Crippen LogP contribution in [0.3, 0.4) is 0 Å². The molecule has 3 aliphatic heterocycles. The van der Waals surface area contributed by atoms with Crippen molar-refractivity contribution in [3.05, 3.63) is 42.4 Å². The molecule has 1 N–H and O–H groups in total. The predicted molar refractivity (Wildman–Crippen MR) is 72.9 cm³/mol. The van der Waals surface area contributed by atoms with Crippen LogP contribution in [0.1, 0.15) is 24.5 Å². The summed E-state index contributed by atoms with van der Waals surface area (Å²) in [5.41, 5.74) is 0.916. The van der Waals surface area contributed by atoms with E-state index in [1.807, 2.05) is 12.1 Å². The van der Waals surface area contributed by atoms with Gasteiger partial charge in [-0.1, -0.05) is 6.58 Å². The molecule has 1 saturated carbocycles. The van der Waals surface area contributed by atoms with Gasteiger partial charge in [0.05, 0.1) is 6.54 Å². The number of carbonyl (C=O) groups excluding carboxylic acids is 2. The number of hydrogen-bond acceptors (Lipinski definition) is 4. The fourth-order valence-electron chi connectivity index (χ4n) is 3.46. The van der Waals surface area contributed by atoms with Crippen LogP contribution in [0.4, 0.5) is 4.79 Å². The number of rotatable bonds is 2. The first kappa shape index (κ1) is 12.4. The number of nitrogens with one attached hydrogen (secondary N) is 1. The maximum absolute atomic E-state index is 12.3. The Morgan fingerprint density at radius 2 is 2.05 bits per heavy atom. The van der Waals surface area contributed by atoms with Crippen LogP contribution in [-0.4, -0.2) is 34.0 Å². The highest BCUT2D eigenvalue weighted by atomic mass is 16.6. The van der Waals surface area contributed by atoms with Crippen molar-refractivity contribution in [2.75, 3.05) is 6.54 Å². The molecule has 4 aliphatic rings. The van der Waals surface area contributed by atoms with Crippen LogP contribution in [0.2, 0.25) is 0 Å². The molecule has 108 valence electrons. The first-order valence-electron chi connectivity index (χ1n) is 6.98. The first-order valence-corrected chi connectivity index (χ1v) is 6.98. The van der Waals surface area contributed by atoms with E-state index in [9.17, 15) is 9.59 Å². The van der Waals surface area contributed by atoms with Crippen LogP contribution in [0.5, 0.6) is 0 Å². The largest absolute Gasteiger partial charge is 0.439 e. The lowest BCUT2D eigenvalue weighted by atomic mass is 9.62. The van der Waals surface area contributed by atoms with Crippen molar-refractivity contribution < 1.29 is 14.3 Å². The van der Waals surface area contributed by atoms with Gasteiger partial charge in [-0.3, -0.25) is 14.7 Å². The third-order valence-corrected chi connectivity index (χ3v) is 4.76. The Morgan fingerprint density at radius 1 is 1.33 bits per heavy atom. The number of amides is 2. The van der Waals surface area contributed by atoms with Crippen molar-refractivity contribution >= 4 is 12.0 Å². The van der Waals surface area contributed by atoms with Gasteiger partial charge in [0.1, 0.15) is 11.6 Å². The average Bonchev–Trinajstić information content (AvgIpc) is 2.81. The van der Waals surface area contributed by atoms with Gasteiger partial charge in [-0.15, -0.1) is 0 Å². The molecule has 5 rings (SSSR count). The van der Waals surface area contributed by atoms with E-state index in [0.29, 0.717) is 19.4 Å². The fourth-order valence-corrected chi connectivity index (χ4v) is 3.46. The molecule has 1 unspecified atom stereocenters. The number of ether oxygens (including phenoxy) is 1. The van der Waals surface area contributed by atoms with Crippen LogP contribution in [0.15, 0.2) is 36.8 Å². The second kappa shape index (κ2) is 4.07. The van der Waals surface area contributed by atoms with Gasteiger partial charge in [-0.25, -0.2) is 4.79 Å². The molecule has 1 atom stereocenters. The minimum Gasteiger partial charge on any atom is -0.439 e. The van der Waals surface area contributed by atoms with Gasteiger partial charge >= 0.3 is 6.09 Å². The highest BCUT2D eigenvalue weighted by Crippen LogP contribution is 2.51. The summed E-state index contributed by atoms with van der Waals surface area (Å²) in [6.07, 6.45) is 3.87. The maximum atomic E-state index is 12.3. The zero-order valence-electron chi connectivity index (χ0n) is 11.4. The van der Waals surface area contributed by atoms with Crippen LogP contribution in [0, 0.1) is 5.92 Å². The molecule has 2 amide bonds. The lowest BCUT2D eigenvalue weighted by molar-refractivity contribution is -0.143. The Labute approximate surface area is 121 Å². The minimum absolute atomic E-state index is 0.137. The monoisotopic (exact) mass is 285 g/mol. The van der Waals surface area contributed by atoms with E-state index in [2.05, 4.69) is 16.9 Å². The SMILES string of the molecule is C=C1NC(=O)C2(N3CC(c4ccncc4)OC3=O)CC1C2. The Balaban J connectivity index is 1.59. The summed E-state index contributed by atoms with van der Waals surface area (Å²) in [5.74, 6) is 0.137. The molecule has 0 spiro atoms.